The van der Waals surface area contributed by atoms with Crippen molar-refractivity contribution in [2.24, 2.45) is 0 Å². The van der Waals surface area contributed by atoms with Crippen molar-refractivity contribution < 1.29 is 54.2 Å². The minimum atomic E-state index is -7.05. The minimum Gasteiger partial charge on any atom is -0.462 e. The Morgan fingerprint density at radius 3 is 2.00 bits per heavy atom. The van der Waals surface area contributed by atoms with E-state index in [1.54, 1.807) is 0 Å². The molecule has 1 N–H and O–H groups in total. The maximum atomic E-state index is 13.8. The maximum absolute atomic E-state index is 13.8. The zero-order valence-corrected chi connectivity index (χ0v) is 14.4. The summed E-state index contributed by atoms with van der Waals surface area (Å²) in [4.78, 5) is 11.6. The standard InChI is InChI=1S/C16H15F9O3/c1-3-28-11(26)9-5-4-6-10(7-9)12(2,27)8-13(17,18)14(19,20)15(21,22)16(23,24)25/h4-7,27H,3,8H2,1-2H3. The number of halogens is 9. The predicted molar refractivity (Wildman–Crippen MR) is 77.5 cm³/mol. The number of aliphatic hydroxyl groups is 1. The number of alkyl halides is 9. The minimum absolute atomic E-state index is 0.0731. The van der Waals surface area contributed by atoms with Gasteiger partial charge in [0.05, 0.1) is 24.2 Å². The topological polar surface area (TPSA) is 46.5 Å². The van der Waals surface area contributed by atoms with E-state index in [0.29, 0.717) is 6.92 Å². The van der Waals surface area contributed by atoms with Crippen molar-refractivity contribution in [3.63, 3.8) is 0 Å². The summed E-state index contributed by atoms with van der Waals surface area (Å²) in [5.74, 6) is -20.8. The normalized spacial score (nSPS) is 15.9. The van der Waals surface area contributed by atoms with Crippen molar-refractivity contribution in [3.8, 4) is 0 Å². The van der Waals surface area contributed by atoms with Crippen LogP contribution < -0.4 is 0 Å². The van der Waals surface area contributed by atoms with Crippen LogP contribution in [0.3, 0.4) is 0 Å². The SMILES string of the molecule is CCOC(=O)c1cccc(C(C)(O)CC(F)(F)C(F)(F)C(F)(F)C(F)(F)F)c1. The van der Waals surface area contributed by atoms with Crippen LogP contribution in [0.5, 0.6) is 0 Å². The van der Waals surface area contributed by atoms with Gasteiger partial charge in [0.15, 0.2) is 0 Å². The van der Waals surface area contributed by atoms with Crippen LogP contribution in [0.25, 0.3) is 0 Å². The molecule has 0 aliphatic heterocycles. The van der Waals surface area contributed by atoms with E-state index in [2.05, 4.69) is 4.74 Å². The van der Waals surface area contributed by atoms with Crippen LogP contribution in [-0.4, -0.2) is 41.6 Å². The second kappa shape index (κ2) is 7.45. The van der Waals surface area contributed by atoms with Crippen LogP contribution in [0, 0.1) is 0 Å². The van der Waals surface area contributed by atoms with E-state index >= 15 is 0 Å². The van der Waals surface area contributed by atoms with Crippen molar-refractivity contribution in [2.45, 2.75) is 49.8 Å². The molecule has 1 atom stereocenters. The van der Waals surface area contributed by atoms with Crippen LogP contribution in [0.2, 0.25) is 0 Å². The van der Waals surface area contributed by atoms with Gasteiger partial charge in [0, 0.05) is 0 Å². The van der Waals surface area contributed by atoms with Crippen LogP contribution in [0.4, 0.5) is 39.5 Å². The van der Waals surface area contributed by atoms with Crippen LogP contribution >= 0.6 is 0 Å². The number of rotatable bonds is 7. The fraction of sp³-hybridized carbons (Fsp3) is 0.562. The van der Waals surface area contributed by atoms with Crippen LogP contribution in [-0.2, 0) is 10.3 Å². The lowest BCUT2D eigenvalue weighted by atomic mass is 9.85. The van der Waals surface area contributed by atoms with Gasteiger partial charge in [0.1, 0.15) is 0 Å². The third kappa shape index (κ3) is 4.36. The van der Waals surface area contributed by atoms with E-state index in [1.165, 1.54) is 6.92 Å². The molecule has 3 nitrogen and oxygen atoms in total. The first-order valence-corrected chi connectivity index (χ1v) is 7.61. The van der Waals surface area contributed by atoms with Gasteiger partial charge in [-0.15, -0.1) is 0 Å². The Balaban J connectivity index is 3.27. The summed E-state index contributed by atoms with van der Waals surface area (Å²) in [6.45, 7) is 1.88. The van der Waals surface area contributed by atoms with Gasteiger partial charge in [-0.05, 0) is 31.5 Å². The molecule has 0 saturated carbocycles. The highest BCUT2D eigenvalue weighted by Crippen LogP contribution is 2.55. The van der Waals surface area contributed by atoms with Gasteiger partial charge in [-0.3, -0.25) is 0 Å². The highest BCUT2D eigenvalue weighted by Gasteiger charge is 2.81. The molecule has 0 saturated heterocycles. The Morgan fingerprint density at radius 1 is 1.00 bits per heavy atom. The molecule has 0 spiro atoms. The predicted octanol–water partition coefficient (Wildman–Crippen LogP) is 4.93. The van der Waals surface area contributed by atoms with Crippen molar-refractivity contribution in [1.29, 1.82) is 0 Å². The number of hydrogen-bond donors (Lipinski definition) is 1. The van der Waals surface area contributed by atoms with E-state index in [1.807, 2.05) is 0 Å². The summed E-state index contributed by atoms with van der Waals surface area (Å²) < 4.78 is 121. The molecule has 0 heterocycles. The van der Waals surface area contributed by atoms with Crippen molar-refractivity contribution in [2.75, 3.05) is 6.61 Å². The zero-order valence-electron chi connectivity index (χ0n) is 14.4. The van der Waals surface area contributed by atoms with E-state index in [-0.39, 0.29) is 12.2 Å². The Bertz CT molecular complexity index is 712. The summed E-state index contributed by atoms with van der Waals surface area (Å²) in [5.41, 5.74) is -3.86. The lowest BCUT2D eigenvalue weighted by Crippen LogP contribution is -2.62. The molecule has 0 radical (unpaired) electrons. The van der Waals surface area contributed by atoms with E-state index in [9.17, 15) is 49.4 Å². The van der Waals surface area contributed by atoms with E-state index in [4.69, 9.17) is 0 Å². The first-order valence-electron chi connectivity index (χ1n) is 7.61. The molecule has 0 aliphatic rings. The fourth-order valence-electron chi connectivity index (χ4n) is 2.25. The average Bonchev–Trinajstić information content (AvgIpc) is 2.53. The molecule has 1 aromatic rings. The molecule has 0 fully saturated rings. The van der Waals surface area contributed by atoms with Gasteiger partial charge in [0.25, 0.3) is 0 Å². The zero-order chi connectivity index (χ0) is 22.2. The van der Waals surface area contributed by atoms with Gasteiger partial charge in [-0.25, -0.2) is 4.79 Å². The second-order valence-corrected chi connectivity index (χ2v) is 6.10. The highest BCUT2D eigenvalue weighted by molar-refractivity contribution is 5.89. The molecule has 0 bridgehead atoms. The fourth-order valence-corrected chi connectivity index (χ4v) is 2.25. The summed E-state index contributed by atoms with van der Waals surface area (Å²) in [7, 11) is 0. The molecule has 0 aromatic heterocycles. The van der Waals surface area contributed by atoms with Crippen molar-refractivity contribution in [1.82, 2.24) is 0 Å². The van der Waals surface area contributed by atoms with Gasteiger partial charge >= 0.3 is 29.9 Å². The summed E-state index contributed by atoms with van der Waals surface area (Å²) in [6, 6.07) is 3.85. The van der Waals surface area contributed by atoms with Crippen molar-refractivity contribution in [3.05, 3.63) is 35.4 Å². The number of hydrogen-bond acceptors (Lipinski definition) is 3. The molecule has 0 aliphatic carbocycles. The first kappa shape index (κ1) is 24.1. The molecule has 28 heavy (non-hydrogen) atoms. The molecule has 160 valence electrons. The second-order valence-electron chi connectivity index (χ2n) is 6.10. The number of benzene rings is 1. The molecule has 1 aromatic carbocycles. The first-order chi connectivity index (χ1) is 12.4. The Kier molecular flexibility index (Phi) is 6.40. The van der Waals surface area contributed by atoms with Gasteiger partial charge in [-0.2, -0.15) is 39.5 Å². The molecule has 1 unspecified atom stereocenters. The molecule has 12 heteroatoms. The van der Waals surface area contributed by atoms with Crippen LogP contribution in [0.1, 0.15) is 36.2 Å². The Hall–Kier alpha value is -1.98. The molecular formula is C16H15F9O3. The highest BCUT2D eigenvalue weighted by atomic mass is 19.4. The third-order valence-electron chi connectivity index (χ3n) is 3.77. The van der Waals surface area contributed by atoms with Gasteiger partial charge in [-0.1, -0.05) is 12.1 Å². The van der Waals surface area contributed by atoms with Gasteiger partial charge < -0.3 is 9.84 Å². The lowest BCUT2D eigenvalue weighted by Gasteiger charge is -2.37. The maximum Gasteiger partial charge on any atom is 0.460 e. The summed E-state index contributed by atoms with van der Waals surface area (Å²) >= 11 is 0. The van der Waals surface area contributed by atoms with E-state index < -0.39 is 47.5 Å². The largest absolute Gasteiger partial charge is 0.462 e. The number of carbonyl (C=O) groups excluding carboxylic acids is 1. The third-order valence-corrected chi connectivity index (χ3v) is 3.77. The molecule has 0 amide bonds. The number of carbonyl (C=O) groups is 1. The van der Waals surface area contributed by atoms with E-state index in [0.717, 1.165) is 24.3 Å². The lowest BCUT2D eigenvalue weighted by molar-refractivity contribution is -0.400. The Morgan fingerprint density at radius 2 is 1.54 bits per heavy atom. The quantitative estimate of drug-likeness (QED) is 0.497. The van der Waals surface area contributed by atoms with Crippen molar-refractivity contribution >= 4 is 5.97 Å². The smallest absolute Gasteiger partial charge is 0.460 e. The van der Waals surface area contributed by atoms with Gasteiger partial charge in [0.2, 0.25) is 0 Å². The summed E-state index contributed by atoms with van der Waals surface area (Å²) in [5, 5.41) is 10.1. The number of ether oxygens (including phenoxy) is 1. The monoisotopic (exact) mass is 426 g/mol. The number of esters is 1. The molecular weight excluding hydrogens is 411 g/mol. The van der Waals surface area contributed by atoms with Crippen LogP contribution in [0.15, 0.2) is 24.3 Å². The summed E-state index contributed by atoms with van der Waals surface area (Å²) in [6.07, 6.45) is -9.43. The molecule has 1 rings (SSSR count). The average molecular weight is 426 g/mol. The Labute approximate surface area is 153 Å².